The van der Waals surface area contributed by atoms with Gasteiger partial charge < -0.3 is 41.3 Å². The van der Waals surface area contributed by atoms with Gasteiger partial charge in [-0.05, 0) is 12.8 Å². The number of aliphatic hydroxyl groups is 4. The smallest absolute Gasteiger partial charge is 0.304 e. The van der Waals surface area contributed by atoms with Crippen molar-refractivity contribution in [3.05, 3.63) is 0 Å². The average Bonchev–Trinajstić information content (AvgIpc) is 2.53. The predicted molar refractivity (Wildman–Crippen MR) is 85.9 cm³/mol. The number of aliphatic carboxylic acids is 2. The van der Waals surface area contributed by atoms with Gasteiger partial charge in [0.15, 0.2) is 0 Å². The lowest BCUT2D eigenvalue weighted by Gasteiger charge is -2.47. The van der Waals surface area contributed by atoms with Gasteiger partial charge in [0, 0.05) is 25.4 Å². The second-order valence-electron chi connectivity index (χ2n) is 6.25. The Morgan fingerprint density at radius 3 is 1.80 bits per heavy atom. The summed E-state index contributed by atoms with van der Waals surface area (Å²) in [6.45, 7) is -0.0589. The largest absolute Gasteiger partial charge is 0.481 e. The van der Waals surface area contributed by atoms with Crippen LogP contribution in [-0.4, -0.2) is 92.7 Å². The van der Waals surface area contributed by atoms with Crippen LogP contribution >= 0.6 is 0 Å². The van der Waals surface area contributed by atoms with Crippen LogP contribution in [0.2, 0.25) is 0 Å². The molecule has 1 aliphatic rings. The Morgan fingerprint density at radius 1 is 0.800 bits per heavy atom. The SMILES string of the molecule is O=C(O)CCC[C@H]1[C@@H](O)[C@@H](NCCO)[C@@H](O)[C@@H](NCCC(=O)O)[C@H]1O. The molecule has 0 aromatic carbocycles. The molecule has 1 fully saturated rings. The van der Waals surface area contributed by atoms with Crippen molar-refractivity contribution in [1.82, 2.24) is 10.6 Å². The van der Waals surface area contributed by atoms with E-state index in [1.807, 2.05) is 0 Å². The summed E-state index contributed by atoms with van der Waals surface area (Å²) in [5.74, 6) is -2.70. The van der Waals surface area contributed by atoms with Crippen LogP contribution in [0.25, 0.3) is 0 Å². The summed E-state index contributed by atoms with van der Waals surface area (Å²) in [6, 6.07) is -1.72. The molecule has 1 saturated carbocycles. The fraction of sp³-hybridized carbons (Fsp3) is 0.867. The average molecular weight is 364 g/mol. The maximum atomic E-state index is 10.7. The lowest BCUT2D eigenvalue weighted by molar-refractivity contribution is -0.138. The van der Waals surface area contributed by atoms with Gasteiger partial charge in [0.25, 0.3) is 0 Å². The molecule has 0 unspecified atom stereocenters. The third kappa shape index (κ3) is 6.49. The molecule has 0 radical (unpaired) electrons. The topological polar surface area (TPSA) is 180 Å². The van der Waals surface area contributed by atoms with Crippen LogP contribution in [0.4, 0.5) is 0 Å². The molecule has 0 aromatic heterocycles. The van der Waals surface area contributed by atoms with Crippen LogP contribution in [0.1, 0.15) is 25.7 Å². The molecular formula is C15H28N2O8. The Bertz CT molecular complexity index is 402. The van der Waals surface area contributed by atoms with Crippen molar-refractivity contribution < 1.29 is 40.2 Å². The lowest BCUT2D eigenvalue weighted by Crippen LogP contribution is -2.69. The summed E-state index contributed by atoms with van der Waals surface area (Å²) in [5, 5.41) is 63.4. The van der Waals surface area contributed by atoms with Gasteiger partial charge in [0.1, 0.15) is 0 Å². The molecule has 0 heterocycles. The molecule has 6 atom stereocenters. The van der Waals surface area contributed by atoms with E-state index in [0.717, 1.165) is 0 Å². The van der Waals surface area contributed by atoms with E-state index in [0.29, 0.717) is 0 Å². The third-order valence-corrected chi connectivity index (χ3v) is 4.49. The molecular weight excluding hydrogens is 336 g/mol. The third-order valence-electron chi connectivity index (χ3n) is 4.49. The van der Waals surface area contributed by atoms with Gasteiger partial charge in [0.2, 0.25) is 0 Å². The summed E-state index contributed by atoms with van der Waals surface area (Å²) >= 11 is 0. The van der Waals surface area contributed by atoms with E-state index in [2.05, 4.69) is 10.6 Å². The van der Waals surface area contributed by atoms with Crippen LogP contribution in [-0.2, 0) is 9.59 Å². The summed E-state index contributed by atoms with van der Waals surface area (Å²) in [7, 11) is 0. The van der Waals surface area contributed by atoms with Crippen LogP contribution in [0.15, 0.2) is 0 Å². The van der Waals surface area contributed by atoms with E-state index in [4.69, 9.17) is 15.3 Å². The van der Waals surface area contributed by atoms with Gasteiger partial charge in [-0.25, -0.2) is 0 Å². The number of carbonyl (C=O) groups is 2. The first kappa shape index (κ1) is 21.7. The number of carboxylic acids is 2. The highest BCUT2D eigenvalue weighted by Crippen LogP contribution is 2.30. The first-order valence-corrected chi connectivity index (χ1v) is 8.35. The molecule has 0 spiro atoms. The molecule has 1 aliphatic carbocycles. The van der Waals surface area contributed by atoms with E-state index in [9.17, 15) is 24.9 Å². The fourth-order valence-electron chi connectivity index (χ4n) is 3.25. The molecule has 0 amide bonds. The molecule has 10 heteroatoms. The monoisotopic (exact) mass is 364 g/mol. The second kappa shape index (κ2) is 10.6. The van der Waals surface area contributed by atoms with Crippen LogP contribution < -0.4 is 10.6 Å². The minimum atomic E-state index is -1.21. The molecule has 1 rings (SSSR count). The lowest BCUT2D eigenvalue weighted by atomic mass is 9.73. The maximum Gasteiger partial charge on any atom is 0.304 e. The summed E-state index contributed by atoms with van der Waals surface area (Å²) < 4.78 is 0. The highest BCUT2D eigenvalue weighted by atomic mass is 16.4. The number of aliphatic hydroxyl groups excluding tert-OH is 4. The minimum absolute atomic E-state index is 0.0266. The quantitative estimate of drug-likeness (QED) is 0.193. The van der Waals surface area contributed by atoms with Gasteiger partial charge in [-0.1, -0.05) is 0 Å². The Labute approximate surface area is 145 Å². The summed E-state index contributed by atoms with van der Waals surface area (Å²) in [5.41, 5.74) is 0. The van der Waals surface area contributed by atoms with Crippen LogP contribution in [0, 0.1) is 5.92 Å². The van der Waals surface area contributed by atoms with Gasteiger partial charge in [-0.2, -0.15) is 0 Å². The van der Waals surface area contributed by atoms with E-state index < -0.39 is 48.3 Å². The van der Waals surface area contributed by atoms with Gasteiger partial charge >= 0.3 is 11.9 Å². The Morgan fingerprint density at radius 2 is 1.32 bits per heavy atom. The van der Waals surface area contributed by atoms with Crippen molar-refractivity contribution in [2.45, 2.75) is 56.1 Å². The minimum Gasteiger partial charge on any atom is -0.481 e. The predicted octanol–water partition coefficient (Wildman–Crippen LogP) is -2.66. The van der Waals surface area contributed by atoms with E-state index >= 15 is 0 Å². The van der Waals surface area contributed by atoms with E-state index in [1.165, 1.54) is 0 Å². The van der Waals surface area contributed by atoms with Crippen molar-refractivity contribution in [2.75, 3.05) is 19.7 Å². The van der Waals surface area contributed by atoms with Crippen molar-refractivity contribution in [1.29, 1.82) is 0 Å². The highest BCUT2D eigenvalue weighted by molar-refractivity contribution is 5.67. The molecule has 146 valence electrons. The van der Waals surface area contributed by atoms with Gasteiger partial charge in [0.05, 0.1) is 43.4 Å². The van der Waals surface area contributed by atoms with Crippen LogP contribution in [0.5, 0.6) is 0 Å². The van der Waals surface area contributed by atoms with Crippen molar-refractivity contribution in [2.24, 2.45) is 5.92 Å². The first-order chi connectivity index (χ1) is 11.8. The van der Waals surface area contributed by atoms with Crippen molar-refractivity contribution >= 4 is 11.9 Å². The Kier molecular flexibility index (Phi) is 9.25. The van der Waals surface area contributed by atoms with Crippen molar-refractivity contribution in [3.63, 3.8) is 0 Å². The van der Waals surface area contributed by atoms with Crippen LogP contribution in [0.3, 0.4) is 0 Å². The van der Waals surface area contributed by atoms with Crippen molar-refractivity contribution in [3.8, 4) is 0 Å². The number of rotatable bonds is 11. The standard InChI is InChI=1S/C15H28N2O8/c18-7-6-17-12-14(24)8(2-1-3-9(19)20)13(23)11(15(12)25)16-5-4-10(21)22/h8,11-18,23-25H,1-7H2,(H,19,20)(H,21,22)/t8-,11+,12-,13+,14-,15+/m1/s1. The zero-order valence-electron chi connectivity index (χ0n) is 13.9. The summed E-state index contributed by atoms with van der Waals surface area (Å²) in [4.78, 5) is 21.3. The van der Waals surface area contributed by atoms with Gasteiger partial charge in [-0.15, -0.1) is 0 Å². The molecule has 0 bridgehead atoms. The fourth-order valence-corrected chi connectivity index (χ4v) is 3.25. The van der Waals surface area contributed by atoms with E-state index in [1.54, 1.807) is 0 Å². The zero-order valence-corrected chi connectivity index (χ0v) is 13.9. The number of carboxylic acid groups (broad SMARTS) is 2. The molecule has 25 heavy (non-hydrogen) atoms. The second-order valence-corrected chi connectivity index (χ2v) is 6.25. The molecule has 10 nitrogen and oxygen atoms in total. The molecule has 8 N–H and O–H groups in total. The summed E-state index contributed by atoms with van der Waals surface area (Å²) in [6.07, 6.45) is -3.33. The number of nitrogens with one attached hydrogen (secondary N) is 2. The molecule has 0 saturated heterocycles. The first-order valence-electron chi connectivity index (χ1n) is 8.35. The normalized spacial score (nSPS) is 32.5. The molecule has 0 aliphatic heterocycles. The Balaban J connectivity index is 2.82. The number of hydrogen-bond donors (Lipinski definition) is 8. The highest BCUT2D eigenvalue weighted by Gasteiger charge is 2.48. The van der Waals surface area contributed by atoms with Gasteiger partial charge in [-0.3, -0.25) is 9.59 Å². The number of hydrogen-bond acceptors (Lipinski definition) is 8. The Hall–Kier alpha value is -1.30. The maximum absolute atomic E-state index is 10.7. The van der Waals surface area contributed by atoms with E-state index in [-0.39, 0.29) is 45.4 Å². The molecule has 0 aromatic rings. The zero-order chi connectivity index (χ0) is 19.0.